The topological polar surface area (TPSA) is 43.5 Å². The van der Waals surface area contributed by atoms with Crippen LogP contribution in [0.3, 0.4) is 0 Å². The summed E-state index contributed by atoms with van der Waals surface area (Å²) in [6.07, 6.45) is 4.75. The Kier molecular flexibility index (Phi) is 6.71. The van der Waals surface area contributed by atoms with E-state index in [0.717, 1.165) is 50.4 Å². The van der Waals surface area contributed by atoms with E-state index in [0.29, 0.717) is 25.4 Å². The maximum absolute atomic E-state index is 5.71. The van der Waals surface area contributed by atoms with E-state index in [-0.39, 0.29) is 0 Å². The second-order valence-corrected chi connectivity index (χ2v) is 8.64. The van der Waals surface area contributed by atoms with E-state index in [9.17, 15) is 0 Å². The van der Waals surface area contributed by atoms with Gasteiger partial charge in [0.1, 0.15) is 36.9 Å². The molecule has 2 aliphatic heterocycles. The van der Waals surface area contributed by atoms with Gasteiger partial charge < -0.3 is 18.9 Å². The van der Waals surface area contributed by atoms with Gasteiger partial charge in [-0.3, -0.25) is 0 Å². The van der Waals surface area contributed by atoms with Crippen LogP contribution in [0.2, 0.25) is 0 Å². The molecular formula is C28H30O4. The molecule has 0 aromatic heterocycles. The van der Waals surface area contributed by atoms with Crippen LogP contribution in [0.15, 0.2) is 72.8 Å². The Morgan fingerprint density at radius 1 is 0.500 bits per heavy atom. The van der Waals surface area contributed by atoms with Crippen LogP contribution in [0.4, 0.5) is 0 Å². The summed E-state index contributed by atoms with van der Waals surface area (Å²) in [5.41, 5.74) is 5.42. The molecule has 3 aromatic carbocycles. The molecule has 4 nitrogen and oxygen atoms in total. The van der Waals surface area contributed by atoms with Crippen molar-refractivity contribution in [1.29, 1.82) is 0 Å². The van der Waals surface area contributed by atoms with Gasteiger partial charge in [0.25, 0.3) is 0 Å². The quantitative estimate of drug-likeness (QED) is 0.387. The van der Waals surface area contributed by atoms with E-state index in [4.69, 9.17) is 18.9 Å². The fourth-order valence-corrected chi connectivity index (χ4v) is 3.66. The molecule has 32 heavy (non-hydrogen) atoms. The number of hydrogen-bond acceptors (Lipinski definition) is 4. The lowest BCUT2D eigenvalue weighted by Crippen LogP contribution is -2.04. The first kappa shape index (κ1) is 21.0. The van der Waals surface area contributed by atoms with Crippen LogP contribution in [0.25, 0.3) is 0 Å². The van der Waals surface area contributed by atoms with Gasteiger partial charge in [-0.1, -0.05) is 48.5 Å². The van der Waals surface area contributed by atoms with Crippen molar-refractivity contribution in [2.24, 2.45) is 0 Å². The molecule has 3 aromatic rings. The summed E-state index contributed by atoms with van der Waals surface area (Å²) in [5, 5.41) is 0. The number of epoxide rings is 2. The summed E-state index contributed by atoms with van der Waals surface area (Å²) in [6, 6.07) is 25.9. The van der Waals surface area contributed by atoms with Gasteiger partial charge in [-0.2, -0.15) is 0 Å². The zero-order chi connectivity index (χ0) is 21.6. The maximum Gasteiger partial charge on any atom is 0.119 e. The fourth-order valence-electron chi connectivity index (χ4n) is 3.66. The highest BCUT2D eigenvalue weighted by molar-refractivity contribution is 5.30. The summed E-state index contributed by atoms with van der Waals surface area (Å²) in [4.78, 5) is 0. The normalized spacial score (nSPS) is 18.9. The largest absolute Gasteiger partial charge is 0.491 e. The standard InChI is InChI=1S/C28H30O4/c1-2-22(6-8-24-11-15-26(16-12-24)30-18-28-20-32-28)4-3-21(1)5-7-23-9-13-25(14-10-23)29-17-27-19-31-27/h1-4,9-16,27-28H,5-8,17-20H2. The van der Waals surface area contributed by atoms with Crippen molar-refractivity contribution >= 4 is 0 Å². The van der Waals surface area contributed by atoms with Crippen LogP contribution in [0.1, 0.15) is 22.3 Å². The van der Waals surface area contributed by atoms with Gasteiger partial charge in [0, 0.05) is 0 Å². The average Bonchev–Trinajstić information content (AvgIpc) is 3.76. The summed E-state index contributed by atoms with van der Waals surface area (Å²) in [7, 11) is 0. The van der Waals surface area contributed by atoms with E-state index in [1.54, 1.807) is 0 Å². The smallest absolute Gasteiger partial charge is 0.119 e. The Morgan fingerprint density at radius 3 is 1.06 bits per heavy atom. The monoisotopic (exact) mass is 430 g/mol. The minimum absolute atomic E-state index is 0.297. The molecule has 0 radical (unpaired) electrons. The number of benzene rings is 3. The molecule has 2 fully saturated rings. The minimum Gasteiger partial charge on any atom is -0.491 e. The first-order chi connectivity index (χ1) is 15.8. The molecule has 166 valence electrons. The zero-order valence-corrected chi connectivity index (χ0v) is 18.4. The van der Waals surface area contributed by atoms with E-state index < -0.39 is 0 Å². The Morgan fingerprint density at radius 2 is 0.781 bits per heavy atom. The van der Waals surface area contributed by atoms with Gasteiger partial charge in [-0.05, 0) is 72.2 Å². The Bertz CT molecular complexity index is 889. The molecule has 0 N–H and O–H groups in total. The Hall–Kier alpha value is -2.82. The van der Waals surface area contributed by atoms with Crippen LogP contribution in [0, 0.1) is 0 Å². The van der Waals surface area contributed by atoms with Crippen LogP contribution < -0.4 is 9.47 Å². The zero-order valence-electron chi connectivity index (χ0n) is 18.4. The molecule has 5 rings (SSSR count). The lowest BCUT2D eigenvalue weighted by atomic mass is 10.0. The van der Waals surface area contributed by atoms with E-state index in [1.807, 2.05) is 0 Å². The number of hydrogen-bond donors (Lipinski definition) is 0. The first-order valence-electron chi connectivity index (χ1n) is 11.5. The third-order valence-electron chi connectivity index (χ3n) is 5.95. The molecule has 2 saturated heterocycles. The van der Waals surface area contributed by atoms with Gasteiger partial charge in [0.2, 0.25) is 0 Å². The second kappa shape index (κ2) is 10.2. The third-order valence-corrected chi connectivity index (χ3v) is 5.95. The SMILES string of the molecule is c1cc(CCc2ccc(OCC3CO3)cc2)ccc1CCc1ccc(OCC2CO2)cc1. The highest BCUT2D eigenvalue weighted by Crippen LogP contribution is 2.19. The molecule has 0 bridgehead atoms. The first-order valence-corrected chi connectivity index (χ1v) is 11.5. The molecule has 2 unspecified atom stereocenters. The molecule has 0 spiro atoms. The second-order valence-electron chi connectivity index (χ2n) is 8.64. The lowest BCUT2D eigenvalue weighted by molar-refractivity contribution is 0.263. The molecule has 2 aliphatic rings. The van der Waals surface area contributed by atoms with E-state index in [2.05, 4.69) is 72.8 Å². The van der Waals surface area contributed by atoms with Crippen molar-refractivity contribution < 1.29 is 18.9 Å². The van der Waals surface area contributed by atoms with Crippen LogP contribution >= 0.6 is 0 Å². The summed E-state index contributed by atoms with van der Waals surface area (Å²) >= 11 is 0. The van der Waals surface area contributed by atoms with Crippen molar-refractivity contribution in [3.05, 3.63) is 95.1 Å². The highest BCUT2D eigenvalue weighted by Gasteiger charge is 2.23. The Balaban J connectivity index is 1.04. The predicted molar refractivity (Wildman–Crippen MR) is 125 cm³/mol. The van der Waals surface area contributed by atoms with Gasteiger partial charge in [0.05, 0.1) is 13.2 Å². The van der Waals surface area contributed by atoms with Crippen molar-refractivity contribution in [3.63, 3.8) is 0 Å². The van der Waals surface area contributed by atoms with Gasteiger partial charge >= 0.3 is 0 Å². The predicted octanol–water partition coefficient (Wildman–Crippen LogP) is 4.81. The fraction of sp³-hybridized carbons (Fsp3) is 0.357. The van der Waals surface area contributed by atoms with Crippen molar-refractivity contribution in [2.75, 3.05) is 26.4 Å². The van der Waals surface area contributed by atoms with Crippen molar-refractivity contribution in [2.45, 2.75) is 37.9 Å². The maximum atomic E-state index is 5.71. The highest BCUT2D eigenvalue weighted by atomic mass is 16.6. The molecular weight excluding hydrogens is 400 g/mol. The Labute approximate surface area is 190 Å². The van der Waals surface area contributed by atoms with E-state index in [1.165, 1.54) is 22.3 Å². The summed E-state index contributed by atoms with van der Waals surface area (Å²) < 4.78 is 21.8. The van der Waals surface area contributed by atoms with Crippen LogP contribution in [-0.2, 0) is 35.2 Å². The number of aryl methyl sites for hydroxylation is 4. The van der Waals surface area contributed by atoms with Crippen molar-refractivity contribution in [3.8, 4) is 11.5 Å². The molecule has 0 amide bonds. The molecule has 0 saturated carbocycles. The lowest BCUT2D eigenvalue weighted by Gasteiger charge is -2.08. The summed E-state index contributed by atoms with van der Waals surface area (Å²) in [6.45, 7) is 2.97. The minimum atomic E-state index is 0.297. The summed E-state index contributed by atoms with van der Waals surface area (Å²) in [5.74, 6) is 1.84. The average molecular weight is 431 g/mol. The van der Waals surface area contributed by atoms with Crippen LogP contribution in [0.5, 0.6) is 11.5 Å². The van der Waals surface area contributed by atoms with Gasteiger partial charge in [-0.25, -0.2) is 0 Å². The van der Waals surface area contributed by atoms with Crippen molar-refractivity contribution in [1.82, 2.24) is 0 Å². The number of rotatable bonds is 12. The van der Waals surface area contributed by atoms with Gasteiger partial charge in [0.15, 0.2) is 0 Å². The molecule has 0 aliphatic carbocycles. The van der Waals surface area contributed by atoms with E-state index >= 15 is 0 Å². The van der Waals surface area contributed by atoms with Crippen LogP contribution in [-0.4, -0.2) is 38.6 Å². The molecule has 2 heterocycles. The number of ether oxygens (including phenoxy) is 4. The third kappa shape index (κ3) is 6.59. The van der Waals surface area contributed by atoms with Gasteiger partial charge in [-0.15, -0.1) is 0 Å². The molecule has 2 atom stereocenters. The molecule has 4 heteroatoms.